The first-order valence-electron chi connectivity index (χ1n) is 9.33. The minimum atomic E-state index is -4.63. The van der Waals surface area contributed by atoms with Gasteiger partial charge in [0.1, 0.15) is 11.7 Å². The number of hydrogen-bond acceptors (Lipinski definition) is 4. The third kappa shape index (κ3) is 7.76. The molecule has 0 aliphatic heterocycles. The third-order valence-corrected chi connectivity index (χ3v) is 4.03. The van der Waals surface area contributed by atoms with E-state index in [9.17, 15) is 17.6 Å². The molecule has 1 atom stereocenters. The number of aliphatic imine (C=N–C) groups is 2. The Bertz CT molecular complexity index is 860. The first-order valence-corrected chi connectivity index (χ1v) is 9.33. The number of alkyl halides is 3. The Kier molecular flexibility index (Phi) is 9.71. The van der Waals surface area contributed by atoms with Crippen molar-refractivity contribution in [1.29, 1.82) is 5.41 Å². The number of halogens is 4. The van der Waals surface area contributed by atoms with Gasteiger partial charge in [-0.05, 0) is 24.6 Å². The highest BCUT2D eigenvalue weighted by atomic mass is 19.4. The minimum absolute atomic E-state index is 0.108. The van der Waals surface area contributed by atoms with Crippen LogP contribution in [0.4, 0.5) is 28.9 Å². The number of allylic oxidation sites excluding steroid dienone is 1. The highest BCUT2D eigenvalue weighted by molar-refractivity contribution is 6.05. The second-order valence-corrected chi connectivity index (χ2v) is 6.34. The average Bonchev–Trinajstić information content (AvgIpc) is 2.71. The van der Waals surface area contributed by atoms with Gasteiger partial charge in [0.05, 0.1) is 11.4 Å². The predicted octanol–water partition coefficient (Wildman–Crippen LogP) is 3.82. The molecule has 5 N–H and O–H groups in total. The Morgan fingerprint density at radius 3 is 2.58 bits per heavy atom. The van der Waals surface area contributed by atoms with Crippen LogP contribution in [0.2, 0.25) is 0 Å². The van der Waals surface area contributed by atoms with Crippen LogP contribution in [0.15, 0.2) is 52.7 Å². The zero-order valence-electron chi connectivity index (χ0n) is 17.6. The van der Waals surface area contributed by atoms with Crippen molar-refractivity contribution in [2.24, 2.45) is 9.98 Å². The van der Waals surface area contributed by atoms with Crippen molar-refractivity contribution in [2.75, 3.05) is 24.7 Å². The Morgan fingerprint density at radius 2 is 2.06 bits per heavy atom. The maximum absolute atomic E-state index is 14.3. The molecule has 11 heteroatoms. The van der Waals surface area contributed by atoms with E-state index in [4.69, 9.17) is 11.1 Å². The van der Waals surface area contributed by atoms with Crippen molar-refractivity contribution in [3.05, 3.63) is 48.6 Å². The number of nitrogens with one attached hydrogen (secondary N) is 3. The summed E-state index contributed by atoms with van der Waals surface area (Å²) in [5, 5.41) is 12.7. The summed E-state index contributed by atoms with van der Waals surface area (Å²) in [4.78, 5) is 9.31. The Morgan fingerprint density at radius 1 is 1.39 bits per heavy atom. The Balaban J connectivity index is 3.52. The van der Waals surface area contributed by atoms with E-state index in [0.717, 1.165) is 12.3 Å². The number of nitrogens with two attached hydrogens (primary N) is 1. The maximum Gasteiger partial charge on any atom is 0.411 e. The van der Waals surface area contributed by atoms with Gasteiger partial charge in [0.15, 0.2) is 6.04 Å². The lowest BCUT2D eigenvalue weighted by Crippen LogP contribution is -2.34. The molecule has 1 unspecified atom stereocenters. The van der Waals surface area contributed by atoms with E-state index < -0.39 is 24.5 Å². The maximum atomic E-state index is 14.3. The van der Waals surface area contributed by atoms with E-state index in [1.165, 1.54) is 36.3 Å². The van der Waals surface area contributed by atoms with Gasteiger partial charge in [-0.1, -0.05) is 13.0 Å². The van der Waals surface area contributed by atoms with E-state index in [2.05, 4.69) is 27.2 Å². The third-order valence-electron chi connectivity index (χ3n) is 4.03. The zero-order valence-corrected chi connectivity index (χ0v) is 17.6. The van der Waals surface area contributed by atoms with Gasteiger partial charge in [0.2, 0.25) is 5.96 Å². The number of anilines is 2. The highest BCUT2D eigenvalue weighted by Crippen LogP contribution is 2.26. The zero-order chi connectivity index (χ0) is 23.6. The molecule has 31 heavy (non-hydrogen) atoms. The van der Waals surface area contributed by atoms with Crippen LogP contribution in [0, 0.1) is 11.2 Å². The summed E-state index contributed by atoms with van der Waals surface area (Å²) in [7, 11) is 3.08. The topological polar surface area (TPSA) is 102 Å². The van der Waals surface area contributed by atoms with Gasteiger partial charge < -0.3 is 26.7 Å². The normalized spacial score (nSPS) is 14.1. The predicted molar refractivity (Wildman–Crippen MR) is 118 cm³/mol. The smallest absolute Gasteiger partial charge is 0.399 e. The molecule has 0 saturated carbocycles. The molecule has 0 aromatic heterocycles. The Labute approximate surface area is 178 Å². The van der Waals surface area contributed by atoms with Gasteiger partial charge in [-0.15, -0.1) is 6.58 Å². The van der Waals surface area contributed by atoms with Crippen LogP contribution in [-0.2, 0) is 0 Å². The first kappa shape index (κ1) is 25.7. The lowest BCUT2D eigenvalue weighted by molar-refractivity contribution is -0.146. The van der Waals surface area contributed by atoms with Crippen molar-refractivity contribution < 1.29 is 17.6 Å². The summed E-state index contributed by atoms with van der Waals surface area (Å²) in [5.74, 6) is -0.731. The fourth-order valence-corrected chi connectivity index (χ4v) is 2.49. The van der Waals surface area contributed by atoms with Crippen LogP contribution in [0.25, 0.3) is 0 Å². The lowest BCUT2D eigenvalue weighted by atomic mass is 10.2. The number of amidine groups is 1. The molecule has 0 fully saturated rings. The van der Waals surface area contributed by atoms with Crippen LogP contribution < -0.4 is 21.3 Å². The SMILES string of the molecule is C=CCC(N=C(/N=C(\CC)N(C)c1cc(N)ccc1F)N/C(C=N)=C/NC)C(F)(F)F. The van der Waals surface area contributed by atoms with Gasteiger partial charge >= 0.3 is 6.18 Å². The molecule has 0 aliphatic rings. The fraction of sp³-hybridized carbons (Fsp3) is 0.350. The molecule has 170 valence electrons. The van der Waals surface area contributed by atoms with Crippen LogP contribution in [0.5, 0.6) is 0 Å². The molecule has 7 nitrogen and oxygen atoms in total. The Hall–Kier alpha value is -3.37. The van der Waals surface area contributed by atoms with Crippen molar-refractivity contribution in [3.63, 3.8) is 0 Å². The van der Waals surface area contributed by atoms with E-state index in [-0.39, 0.29) is 29.6 Å². The molecule has 0 heterocycles. The molecule has 0 radical (unpaired) electrons. The summed E-state index contributed by atoms with van der Waals surface area (Å²) < 4.78 is 54.5. The quantitative estimate of drug-likeness (QED) is 0.162. The number of rotatable bonds is 8. The van der Waals surface area contributed by atoms with E-state index >= 15 is 0 Å². The molecular formula is C20H27F4N7. The second kappa shape index (κ2) is 11.7. The molecule has 1 aromatic rings. The largest absolute Gasteiger partial charge is 0.411 e. The molecule has 0 aliphatic carbocycles. The van der Waals surface area contributed by atoms with Gasteiger partial charge in [-0.2, -0.15) is 18.2 Å². The van der Waals surface area contributed by atoms with Crippen LogP contribution in [0.3, 0.4) is 0 Å². The van der Waals surface area contributed by atoms with Crippen LogP contribution in [-0.4, -0.2) is 44.3 Å². The van der Waals surface area contributed by atoms with E-state index in [1.807, 2.05) is 0 Å². The summed E-state index contributed by atoms with van der Waals surface area (Å²) in [5.41, 5.74) is 6.28. The summed E-state index contributed by atoms with van der Waals surface area (Å²) in [6, 6.07) is 1.89. The lowest BCUT2D eigenvalue weighted by Gasteiger charge is -2.23. The van der Waals surface area contributed by atoms with E-state index in [0.29, 0.717) is 5.69 Å². The average molecular weight is 441 g/mol. The molecule has 0 spiro atoms. The molecule has 0 bridgehead atoms. The second-order valence-electron chi connectivity index (χ2n) is 6.34. The van der Waals surface area contributed by atoms with Crippen molar-refractivity contribution in [3.8, 4) is 0 Å². The molecule has 1 rings (SSSR count). The molecule has 0 amide bonds. The summed E-state index contributed by atoms with van der Waals surface area (Å²) in [6.45, 7) is 5.06. The van der Waals surface area contributed by atoms with Gasteiger partial charge in [-0.25, -0.2) is 9.38 Å². The number of nitrogen functional groups attached to an aromatic ring is 1. The molecule has 1 aromatic carbocycles. The number of guanidine groups is 1. The summed E-state index contributed by atoms with van der Waals surface area (Å²) >= 11 is 0. The van der Waals surface area contributed by atoms with Crippen molar-refractivity contribution in [2.45, 2.75) is 32.0 Å². The first-order chi connectivity index (χ1) is 14.6. The molecular weight excluding hydrogens is 414 g/mol. The van der Waals surface area contributed by atoms with E-state index in [1.54, 1.807) is 14.0 Å². The summed E-state index contributed by atoms with van der Waals surface area (Å²) in [6.07, 6.45) is -1.47. The highest BCUT2D eigenvalue weighted by Gasteiger charge is 2.39. The monoisotopic (exact) mass is 441 g/mol. The standard InChI is InChI=1S/C20H27F4N7/c1-5-7-17(20(22,23)24)29-19(28-14(11-25)12-27-3)30-18(6-2)31(4)16-10-13(26)8-9-15(16)21/h5,8-12,17,25,27H,1,6-7,26H2,2-4H3,(H,28,29)/b14-12+,25-11?,30-18+. The molecule has 0 saturated heterocycles. The van der Waals surface area contributed by atoms with Gasteiger partial charge in [0, 0.05) is 38.6 Å². The fourth-order valence-electron chi connectivity index (χ4n) is 2.49. The number of benzene rings is 1. The van der Waals surface area contributed by atoms with Gasteiger partial charge in [-0.3, -0.25) is 0 Å². The van der Waals surface area contributed by atoms with Crippen LogP contribution >= 0.6 is 0 Å². The van der Waals surface area contributed by atoms with Gasteiger partial charge in [0.25, 0.3) is 0 Å². The van der Waals surface area contributed by atoms with Crippen molar-refractivity contribution in [1.82, 2.24) is 10.6 Å². The minimum Gasteiger partial charge on any atom is -0.399 e. The number of hydrogen-bond donors (Lipinski definition) is 4. The van der Waals surface area contributed by atoms with Crippen molar-refractivity contribution >= 4 is 29.4 Å². The van der Waals surface area contributed by atoms with Crippen LogP contribution in [0.1, 0.15) is 19.8 Å². The number of nitrogens with zero attached hydrogens (tertiary/aromatic N) is 3.